The van der Waals surface area contributed by atoms with E-state index < -0.39 is 6.02 Å². The predicted molar refractivity (Wildman–Crippen MR) is 55.7 cm³/mol. The van der Waals surface area contributed by atoms with Gasteiger partial charge >= 0.3 is 0 Å². The summed E-state index contributed by atoms with van der Waals surface area (Å²) >= 11 is 4.76. The van der Waals surface area contributed by atoms with E-state index in [2.05, 4.69) is 10.1 Å². The van der Waals surface area contributed by atoms with Crippen LogP contribution in [0, 0.1) is 5.41 Å². The first-order chi connectivity index (χ1) is 6.18. The first kappa shape index (κ1) is 9.47. The number of hydrogen-bond donors (Lipinski definition) is 3. The molecule has 1 aromatic carbocycles. The molecular weight excluding hydrogens is 186 g/mol. The van der Waals surface area contributed by atoms with Gasteiger partial charge in [0.05, 0.1) is 0 Å². The molecule has 0 aromatic heterocycles. The van der Waals surface area contributed by atoms with Gasteiger partial charge in [0.1, 0.15) is 0 Å². The number of thiocarbonyl (C=S) groups is 1. The molecule has 0 saturated heterocycles. The summed E-state index contributed by atoms with van der Waals surface area (Å²) in [7, 11) is 0. The smallest absolute Gasteiger partial charge is 0.286 e. The fourth-order valence-corrected chi connectivity index (χ4v) is 0.972. The maximum Gasteiger partial charge on any atom is 0.286 e. The van der Waals surface area contributed by atoms with E-state index in [9.17, 15) is 0 Å². The second-order valence-corrected chi connectivity index (χ2v) is 2.62. The SMILES string of the molecule is N=C(N)OC(=S)Nc1ccccc1. The van der Waals surface area contributed by atoms with Crippen LogP contribution in [0.3, 0.4) is 0 Å². The van der Waals surface area contributed by atoms with Crippen molar-refractivity contribution in [3.8, 4) is 0 Å². The Bertz CT molecular complexity index is 312. The molecule has 0 fully saturated rings. The zero-order chi connectivity index (χ0) is 9.68. The minimum atomic E-state index is -0.423. The molecule has 0 saturated carbocycles. The van der Waals surface area contributed by atoms with Gasteiger partial charge in [0.2, 0.25) is 0 Å². The van der Waals surface area contributed by atoms with E-state index in [-0.39, 0.29) is 5.17 Å². The van der Waals surface area contributed by atoms with Gasteiger partial charge in [-0.05, 0) is 24.4 Å². The lowest BCUT2D eigenvalue weighted by Gasteiger charge is -2.06. The number of benzene rings is 1. The van der Waals surface area contributed by atoms with Crippen LogP contribution in [0.4, 0.5) is 5.69 Å². The van der Waals surface area contributed by atoms with Crippen molar-refractivity contribution in [3.63, 3.8) is 0 Å². The first-order valence-corrected chi connectivity index (χ1v) is 3.97. The molecule has 4 N–H and O–H groups in total. The summed E-state index contributed by atoms with van der Waals surface area (Å²) in [5, 5.41) is 9.65. The van der Waals surface area contributed by atoms with Crippen LogP contribution in [0.15, 0.2) is 30.3 Å². The van der Waals surface area contributed by atoms with Crippen molar-refractivity contribution in [1.82, 2.24) is 0 Å². The van der Waals surface area contributed by atoms with Gasteiger partial charge in [-0.1, -0.05) is 18.2 Å². The van der Waals surface area contributed by atoms with Crippen molar-refractivity contribution in [1.29, 1.82) is 5.41 Å². The fraction of sp³-hybridized carbons (Fsp3) is 0. The average Bonchev–Trinajstić information content (AvgIpc) is 2.04. The van der Waals surface area contributed by atoms with Crippen LogP contribution in [0.25, 0.3) is 0 Å². The molecular formula is C8H9N3OS. The highest BCUT2D eigenvalue weighted by Gasteiger charge is 1.98. The van der Waals surface area contributed by atoms with Crippen molar-refractivity contribution in [3.05, 3.63) is 30.3 Å². The molecule has 0 atom stereocenters. The molecule has 0 aliphatic carbocycles. The van der Waals surface area contributed by atoms with E-state index in [1.54, 1.807) is 0 Å². The van der Waals surface area contributed by atoms with E-state index in [1.807, 2.05) is 30.3 Å². The van der Waals surface area contributed by atoms with Gasteiger partial charge in [-0.15, -0.1) is 0 Å². The predicted octanol–water partition coefficient (Wildman–Crippen LogP) is 1.29. The van der Waals surface area contributed by atoms with E-state index in [0.29, 0.717) is 0 Å². The largest absolute Gasteiger partial charge is 0.399 e. The molecule has 5 heteroatoms. The summed E-state index contributed by atoms with van der Waals surface area (Å²) in [5.41, 5.74) is 5.78. The Balaban J connectivity index is 2.50. The number of anilines is 1. The van der Waals surface area contributed by atoms with E-state index in [4.69, 9.17) is 23.4 Å². The van der Waals surface area contributed by atoms with Crippen LogP contribution < -0.4 is 11.1 Å². The van der Waals surface area contributed by atoms with Crippen molar-refractivity contribution in [2.45, 2.75) is 0 Å². The molecule has 0 unspecified atom stereocenters. The third-order valence-electron chi connectivity index (χ3n) is 1.22. The number of para-hydroxylation sites is 1. The fourth-order valence-electron chi connectivity index (χ4n) is 0.765. The van der Waals surface area contributed by atoms with Crippen molar-refractivity contribution < 1.29 is 4.74 Å². The van der Waals surface area contributed by atoms with Gasteiger partial charge in [0.15, 0.2) is 0 Å². The number of rotatable bonds is 1. The molecule has 0 amide bonds. The van der Waals surface area contributed by atoms with Gasteiger partial charge in [-0.3, -0.25) is 5.41 Å². The number of hydrogen-bond acceptors (Lipinski definition) is 3. The zero-order valence-corrected chi connectivity index (χ0v) is 7.60. The zero-order valence-electron chi connectivity index (χ0n) is 6.78. The number of nitrogens with one attached hydrogen (secondary N) is 2. The lowest BCUT2D eigenvalue weighted by Crippen LogP contribution is -2.23. The Hall–Kier alpha value is -1.62. The first-order valence-electron chi connectivity index (χ1n) is 3.56. The van der Waals surface area contributed by atoms with Crippen LogP contribution in [-0.2, 0) is 4.74 Å². The number of amidine groups is 1. The highest BCUT2D eigenvalue weighted by molar-refractivity contribution is 7.80. The summed E-state index contributed by atoms with van der Waals surface area (Å²) in [6.07, 6.45) is 0. The molecule has 0 aliphatic rings. The molecule has 0 aliphatic heterocycles. The summed E-state index contributed by atoms with van der Waals surface area (Å²) in [5.74, 6) is 0. The molecule has 0 radical (unpaired) electrons. The van der Waals surface area contributed by atoms with Gasteiger partial charge < -0.3 is 15.8 Å². The Morgan fingerprint density at radius 3 is 2.54 bits per heavy atom. The van der Waals surface area contributed by atoms with E-state index in [1.165, 1.54) is 0 Å². The Morgan fingerprint density at radius 2 is 2.00 bits per heavy atom. The Kier molecular flexibility index (Phi) is 3.22. The molecule has 1 rings (SSSR count). The van der Waals surface area contributed by atoms with Crippen LogP contribution in [-0.4, -0.2) is 11.2 Å². The molecule has 0 spiro atoms. The maximum atomic E-state index is 6.82. The molecule has 1 aromatic rings. The highest BCUT2D eigenvalue weighted by Crippen LogP contribution is 2.04. The molecule has 4 nitrogen and oxygen atoms in total. The molecule has 0 bridgehead atoms. The van der Waals surface area contributed by atoms with E-state index >= 15 is 0 Å². The second-order valence-electron chi connectivity index (χ2n) is 2.24. The number of ether oxygens (including phenoxy) is 1. The van der Waals surface area contributed by atoms with Crippen LogP contribution in [0.2, 0.25) is 0 Å². The summed E-state index contributed by atoms with van der Waals surface area (Å²) in [6.45, 7) is 0. The standard InChI is InChI=1S/C8H9N3OS/c9-7(10)12-8(13)11-6-4-2-1-3-5-6/h1-5H,(H3,9,10)(H,11,13). The minimum Gasteiger partial charge on any atom is -0.399 e. The van der Waals surface area contributed by atoms with Crippen LogP contribution in [0.1, 0.15) is 0 Å². The summed E-state index contributed by atoms with van der Waals surface area (Å²) in [4.78, 5) is 0. The van der Waals surface area contributed by atoms with Gasteiger partial charge in [0, 0.05) is 5.69 Å². The molecule has 13 heavy (non-hydrogen) atoms. The summed E-state index contributed by atoms with van der Waals surface area (Å²) < 4.78 is 4.64. The lowest BCUT2D eigenvalue weighted by molar-refractivity contribution is 0.543. The quantitative estimate of drug-likeness (QED) is 0.359. The van der Waals surface area contributed by atoms with Crippen molar-refractivity contribution >= 4 is 29.1 Å². The van der Waals surface area contributed by atoms with Gasteiger partial charge in [0.25, 0.3) is 11.2 Å². The Labute approximate surface area is 81.2 Å². The average molecular weight is 195 g/mol. The molecule has 68 valence electrons. The Morgan fingerprint density at radius 1 is 1.38 bits per heavy atom. The third kappa shape index (κ3) is 3.53. The van der Waals surface area contributed by atoms with E-state index in [0.717, 1.165) is 5.69 Å². The van der Waals surface area contributed by atoms with Crippen LogP contribution in [0.5, 0.6) is 0 Å². The van der Waals surface area contributed by atoms with Crippen LogP contribution >= 0.6 is 12.2 Å². The third-order valence-corrected chi connectivity index (χ3v) is 1.41. The molecule has 0 heterocycles. The topological polar surface area (TPSA) is 71.1 Å². The maximum absolute atomic E-state index is 6.82. The van der Waals surface area contributed by atoms with Crippen molar-refractivity contribution in [2.24, 2.45) is 5.73 Å². The summed E-state index contributed by atoms with van der Waals surface area (Å²) in [6, 6.07) is 8.84. The minimum absolute atomic E-state index is 0.0682. The monoisotopic (exact) mass is 195 g/mol. The lowest BCUT2D eigenvalue weighted by atomic mass is 10.3. The second kappa shape index (κ2) is 4.42. The van der Waals surface area contributed by atoms with Gasteiger partial charge in [-0.2, -0.15) is 0 Å². The van der Waals surface area contributed by atoms with Gasteiger partial charge in [-0.25, -0.2) is 0 Å². The van der Waals surface area contributed by atoms with Crippen molar-refractivity contribution in [2.75, 3.05) is 5.32 Å². The normalized spacial score (nSPS) is 8.92. The highest BCUT2D eigenvalue weighted by atomic mass is 32.1. The number of nitrogens with two attached hydrogens (primary N) is 1.